The lowest BCUT2D eigenvalue weighted by molar-refractivity contribution is -0.159. The number of carboxylic acid groups (broad SMARTS) is 2. The Morgan fingerprint density at radius 2 is 1.12 bits per heavy atom. The summed E-state index contributed by atoms with van der Waals surface area (Å²) in [5.74, 6) is 4.35. The lowest BCUT2D eigenvalue weighted by Crippen LogP contribution is -2.09. The molecule has 0 aliphatic rings. The normalized spacial score (nSPS) is 6.25. The highest BCUT2D eigenvalue weighted by molar-refractivity contribution is 6.27. The van der Waals surface area contributed by atoms with Crippen molar-refractivity contribution in [1.29, 1.82) is 0 Å². The van der Waals surface area contributed by atoms with Gasteiger partial charge in [0.15, 0.2) is 0 Å². The molecule has 0 spiro atoms. The second-order valence-corrected chi connectivity index (χ2v) is 0.610. The first-order chi connectivity index (χ1) is 3.64. The average molecular weight is 122 g/mol. The van der Waals surface area contributed by atoms with E-state index in [0.29, 0.717) is 0 Å². The van der Waals surface area contributed by atoms with Crippen molar-refractivity contribution < 1.29 is 19.8 Å². The molecule has 0 amide bonds. The lowest BCUT2D eigenvalue weighted by atomic mass is 10.7. The molecule has 0 saturated carbocycles. The second-order valence-electron chi connectivity index (χ2n) is 0.610. The number of carboxylic acids is 2. The van der Waals surface area contributed by atoms with Crippen LogP contribution in [0.2, 0.25) is 0 Å². The van der Waals surface area contributed by atoms with Gasteiger partial charge in [-0.05, 0) is 0 Å². The molecule has 0 aliphatic heterocycles. The third kappa shape index (κ3) is 8.85. The Morgan fingerprint density at radius 1 is 1.00 bits per heavy atom. The molecule has 6 N–H and O–H groups in total. The Labute approximate surface area is 44.7 Å². The fourth-order valence-corrected chi connectivity index (χ4v) is 0. The average Bonchev–Trinajstić information content (AvgIpc) is 1.72. The number of rotatable bonds is 0. The Bertz CT molecular complexity index is 78.0. The summed E-state index contributed by atoms with van der Waals surface area (Å²) in [4.78, 5) is 18.2. The van der Waals surface area contributed by atoms with Gasteiger partial charge < -0.3 is 10.2 Å². The summed E-state index contributed by atoms with van der Waals surface area (Å²) in [6, 6.07) is 0. The predicted molar refractivity (Wildman–Crippen MR) is 23.6 cm³/mol. The van der Waals surface area contributed by atoms with Crippen LogP contribution in [-0.2, 0) is 9.59 Å². The maximum absolute atomic E-state index is 9.10. The SMILES string of the molecule is NN.O=C(O)C(=O)O. The van der Waals surface area contributed by atoms with Crippen molar-refractivity contribution in [3.63, 3.8) is 0 Å². The number of hydrogen-bond acceptors (Lipinski definition) is 4. The molecule has 0 aliphatic carbocycles. The van der Waals surface area contributed by atoms with Gasteiger partial charge in [0.2, 0.25) is 0 Å². The molecule has 0 bridgehead atoms. The van der Waals surface area contributed by atoms with Crippen LogP contribution in [0.25, 0.3) is 0 Å². The van der Waals surface area contributed by atoms with Gasteiger partial charge in [0, 0.05) is 0 Å². The molecule has 0 aromatic heterocycles. The van der Waals surface area contributed by atoms with E-state index in [2.05, 4.69) is 11.7 Å². The van der Waals surface area contributed by atoms with Crippen molar-refractivity contribution >= 4 is 11.9 Å². The summed E-state index contributed by atoms with van der Waals surface area (Å²) >= 11 is 0. The monoisotopic (exact) mass is 122 g/mol. The molecule has 6 nitrogen and oxygen atoms in total. The van der Waals surface area contributed by atoms with Gasteiger partial charge in [-0.1, -0.05) is 0 Å². The van der Waals surface area contributed by atoms with Crippen molar-refractivity contribution in [3.05, 3.63) is 0 Å². The Balaban J connectivity index is 0. The number of carbonyl (C=O) groups is 2. The van der Waals surface area contributed by atoms with Crippen LogP contribution >= 0.6 is 0 Å². The van der Waals surface area contributed by atoms with E-state index in [-0.39, 0.29) is 0 Å². The van der Waals surface area contributed by atoms with Crippen LogP contribution in [0.1, 0.15) is 0 Å². The van der Waals surface area contributed by atoms with Gasteiger partial charge in [-0.2, -0.15) is 0 Å². The van der Waals surface area contributed by atoms with Crippen LogP contribution in [0, 0.1) is 0 Å². The minimum Gasteiger partial charge on any atom is -0.473 e. The first-order valence-electron chi connectivity index (χ1n) is 1.44. The molecular formula is C2H6N2O4. The molecule has 0 aromatic rings. The van der Waals surface area contributed by atoms with E-state index >= 15 is 0 Å². The minimum atomic E-state index is -1.82. The van der Waals surface area contributed by atoms with E-state index in [9.17, 15) is 0 Å². The van der Waals surface area contributed by atoms with Gasteiger partial charge in [0.25, 0.3) is 0 Å². The summed E-state index contributed by atoms with van der Waals surface area (Å²) in [7, 11) is 0. The zero-order chi connectivity index (χ0) is 7.15. The molecule has 0 unspecified atom stereocenters. The van der Waals surface area contributed by atoms with Gasteiger partial charge >= 0.3 is 11.9 Å². The van der Waals surface area contributed by atoms with Crippen molar-refractivity contribution in [2.75, 3.05) is 0 Å². The van der Waals surface area contributed by atoms with E-state index in [1.165, 1.54) is 0 Å². The maximum atomic E-state index is 9.10. The molecule has 0 atom stereocenters. The third-order valence-electron chi connectivity index (χ3n) is 0.183. The molecule has 48 valence electrons. The van der Waals surface area contributed by atoms with Gasteiger partial charge in [-0.3, -0.25) is 11.7 Å². The molecule has 0 fully saturated rings. The lowest BCUT2D eigenvalue weighted by Gasteiger charge is -1.72. The largest absolute Gasteiger partial charge is 0.473 e. The van der Waals surface area contributed by atoms with Crippen LogP contribution in [-0.4, -0.2) is 22.2 Å². The zero-order valence-corrected chi connectivity index (χ0v) is 3.87. The highest BCUT2D eigenvalue weighted by Gasteiger charge is 2.04. The van der Waals surface area contributed by atoms with Crippen LogP contribution in [0.5, 0.6) is 0 Å². The molecule has 0 radical (unpaired) electrons. The second kappa shape index (κ2) is 5.86. The van der Waals surface area contributed by atoms with E-state index in [4.69, 9.17) is 19.8 Å². The quantitative estimate of drug-likeness (QED) is 0.167. The molecule has 8 heavy (non-hydrogen) atoms. The van der Waals surface area contributed by atoms with Crippen LogP contribution in [0.3, 0.4) is 0 Å². The summed E-state index contributed by atoms with van der Waals surface area (Å²) in [6.07, 6.45) is 0. The van der Waals surface area contributed by atoms with Crippen molar-refractivity contribution in [2.24, 2.45) is 11.7 Å². The minimum absolute atomic E-state index is 1.82. The van der Waals surface area contributed by atoms with Gasteiger partial charge in [0.1, 0.15) is 0 Å². The van der Waals surface area contributed by atoms with Crippen molar-refractivity contribution in [3.8, 4) is 0 Å². The van der Waals surface area contributed by atoms with Crippen LogP contribution < -0.4 is 11.7 Å². The van der Waals surface area contributed by atoms with Crippen LogP contribution in [0.15, 0.2) is 0 Å². The number of nitrogens with two attached hydrogens (primary N) is 2. The standard InChI is InChI=1S/C2H2O4.H4N2/c3-1(4)2(5)6;1-2/h(H,3,4)(H,5,6);1-2H2. The van der Waals surface area contributed by atoms with E-state index in [0.717, 1.165) is 0 Å². The fraction of sp³-hybridized carbons (Fsp3) is 0. The summed E-state index contributed by atoms with van der Waals surface area (Å²) in [6.45, 7) is 0. The highest BCUT2D eigenvalue weighted by atomic mass is 16.4. The van der Waals surface area contributed by atoms with E-state index < -0.39 is 11.9 Å². The molecule has 6 heteroatoms. The molecule has 0 heterocycles. The number of hydrazine groups is 1. The maximum Gasteiger partial charge on any atom is 0.414 e. The molecule has 0 rings (SSSR count). The first kappa shape index (κ1) is 9.97. The zero-order valence-electron chi connectivity index (χ0n) is 3.87. The third-order valence-corrected chi connectivity index (χ3v) is 0.183. The first-order valence-corrected chi connectivity index (χ1v) is 1.44. The topological polar surface area (TPSA) is 127 Å². The molecule has 0 saturated heterocycles. The fourth-order valence-electron chi connectivity index (χ4n) is 0. The van der Waals surface area contributed by atoms with Gasteiger partial charge in [-0.15, -0.1) is 0 Å². The van der Waals surface area contributed by atoms with E-state index in [1.807, 2.05) is 0 Å². The Morgan fingerprint density at radius 3 is 1.12 bits per heavy atom. The predicted octanol–water partition coefficient (Wildman–Crippen LogP) is -2.03. The molecular weight excluding hydrogens is 116 g/mol. The number of hydrogen-bond donors (Lipinski definition) is 4. The summed E-state index contributed by atoms with van der Waals surface area (Å²) in [5.41, 5.74) is 0. The summed E-state index contributed by atoms with van der Waals surface area (Å²) < 4.78 is 0. The highest BCUT2D eigenvalue weighted by Crippen LogP contribution is 1.56. The molecule has 0 aromatic carbocycles. The summed E-state index contributed by atoms with van der Waals surface area (Å²) in [5, 5.41) is 14.8. The number of aliphatic carboxylic acids is 2. The van der Waals surface area contributed by atoms with Gasteiger partial charge in [-0.25, -0.2) is 9.59 Å². The Hall–Kier alpha value is -1.14. The van der Waals surface area contributed by atoms with E-state index in [1.54, 1.807) is 0 Å². The van der Waals surface area contributed by atoms with Gasteiger partial charge in [0.05, 0.1) is 0 Å². The van der Waals surface area contributed by atoms with Crippen molar-refractivity contribution in [1.82, 2.24) is 0 Å². The Kier molecular flexibility index (Phi) is 7.31. The van der Waals surface area contributed by atoms with Crippen LogP contribution in [0.4, 0.5) is 0 Å². The van der Waals surface area contributed by atoms with Crippen molar-refractivity contribution in [2.45, 2.75) is 0 Å². The smallest absolute Gasteiger partial charge is 0.414 e.